The van der Waals surface area contributed by atoms with E-state index in [0.29, 0.717) is 29.4 Å². The Morgan fingerprint density at radius 2 is 1.92 bits per heavy atom. The smallest absolute Gasteiger partial charge is 0.349 e. The molecular weight excluding hydrogens is 334 g/mol. The molecule has 0 fully saturated rings. The van der Waals surface area contributed by atoms with E-state index >= 15 is 0 Å². The summed E-state index contributed by atoms with van der Waals surface area (Å²) in [6.45, 7) is 2.78. The molecule has 0 saturated heterocycles. The molecule has 7 heteroatoms. The summed E-state index contributed by atoms with van der Waals surface area (Å²) in [6.07, 6.45) is 4.22. The van der Waals surface area contributed by atoms with Crippen molar-refractivity contribution >= 4 is 10.9 Å². The number of unbranched alkanes of at least 4 members (excludes halogenated alkanes) is 3. The fourth-order valence-corrected chi connectivity index (χ4v) is 3.28. The number of benzene rings is 1. The molecule has 0 saturated carbocycles. The van der Waals surface area contributed by atoms with E-state index in [0.717, 1.165) is 36.6 Å². The van der Waals surface area contributed by atoms with Gasteiger partial charge >= 0.3 is 5.69 Å². The minimum absolute atomic E-state index is 0.370. The van der Waals surface area contributed by atoms with Crippen molar-refractivity contribution in [1.82, 2.24) is 14.5 Å². The number of hydrogen-bond acceptors (Lipinski definition) is 5. The summed E-state index contributed by atoms with van der Waals surface area (Å²) in [5.74, 6) is 1.53. The number of H-pyrrole nitrogens is 1. The van der Waals surface area contributed by atoms with Gasteiger partial charge in [0, 0.05) is 11.9 Å². The van der Waals surface area contributed by atoms with Crippen molar-refractivity contribution in [3.63, 3.8) is 0 Å². The van der Waals surface area contributed by atoms with E-state index in [-0.39, 0.29) is 0 Å². The van der Waals surface area contributed by atoms with E-state index < -0.39 is 11.2 Å². The number of nitrogens with one attached hydrogen (secondary N) is 1. The number of hydrogen-bond donors (Lipinski definition) is 1. The number of rotatable bonds is 7. The monoisotopic (exact) mass is 357 g/mol. The number of aromatic amines is 1. The minimum atomic E-state index is -0.647. The third kappa shape index (κ3) is 3.16. The summed E-state index contributed by atoms with van der Waals surface area (Å²) in [4.78, 5) is 30.4. The topological polar surface area (TPSA) is 86.2 Å². The molecule has 0 spiro atoms. The molecule has 26 heavy (non-hydrogen) atoms. The quantitative estimate of drug-likeness (QED) is 0.519. The zero-order valence-electron chi connectivity index (χ0n) is 15.3. The Morgan fingerprint density at radius 1 is 1.12 bits per heavy atom. The molecule has 2 heterocycles. The molecule has 7 nitrogen and oxygen atoms in total. The van der Waals surface area contributed by atoms with Crippen LogP contribution in [0.5, 0.6) is 11.5 Å². The first kappa shape index (κ1) is 18.0. The second kappa shape index (κ2) is 7.59. The second-order valence-corrected chi connectivity index (χ2v) is 6.20. The molecule has 1 aromatic carbocycles. The molecule has 0 aromatic heterocycles. The van der Waals surface area contributed by atoms with Crippen molar-refractivity contribution in [1.29, 1.82) is 0 Å². The summed E-state index contributed by atoms with van der Waals surface area (Å²) in [5.41, 5.74) is 0.0816. The Labute approximate surface area is 150 Å². The predicted molar refractivity (Wildman–Crippen MR) is 100 cm³/mol. The third-order valence-corrected chi connectivity index (χ3v) is 4.52. The van der Waals surface area contributed by atoms with Gasteiger partial charge in [-0.15, -0.1) is 0 Å². The molecule has 2 aliphatic rings. The Morgan fingerprint density at radius 3 is 2.62 bits per heavy atom. The first-order valence-electron chi connectivity index (χ1n) is 8.79. The van der Waals surface area contributed by atoms with Gasteiger partial charge in [0.15, 0.2) is 17.3 Å². The van der Waals surface area contributed by atoms with Crippen molar-refractivity contribution in [2.24, 2.45) is 0 Å². The van der Waals surface area contributed by atoms with E-state index in [1.165, 1.54) is 0 Å². The third-order valence-electron chi connectivity index (χ3n) is 4.52. The fraction of sp³-hybridized carbons (Fsp3) is 0.421. The van der Waals surface area contributed by atoms with Gasteiger partial charge in [0.2, 0.25) is 0 Å². The summed E-state index contributed by atoms with van der Waals surface area (Å²) >= 11 is 0. The molecule has 1 aromatic rings. The van der Waals surface area contributed by atoms with E-state index in [9.17, 15) is 9.59 Å². The maximum atomic E-state index is 12.3. The van der Waals surface area contributed by atoms with Gasteiger partial charge in [0.05, 0.1) is 25.3 Å². The summed E-state index contributed by atoms with van der Waals surface area (Å²) in [7, 11) is 3.15. The Kier molecular flexibility index (Phi) is 5.25. The van der Waals surface area contributed by atoms with Crippen molar-refractivity contribution < 1.29 is 9.47 Å². The molecule has 138 valence electrons. The zero-order valence-corrected chi connectivity index (χ0v) is 15.3. The lowest BCUT2D eigenvalue weighted by atomic mass is 10.1. The molecule has 0 amide bonds. The predicted octanol–water partition coefficient (Wildman–Crippen LogP) is 2.79. The van der Waals surface area contributed by atoms with Crippen LogP contribution in [0.1, 0.15) is 32.6 Å². The molecule has 3 rings (SSSR count). The van der Waals surface area contributed by atoms with Crippen LogP contribution in [0.15, 0.2) is 27.8 Å². The second-order valence-electron chi connectivity index (χ2n) is 6.20. The van der Waals surface area contributed by atoms with Crippen molar-refractivity contribution in [3.8, 4) is 22.9 Å². The largest absolute Gasteiger partial charge is 0.493 e. The van der Waals surface area contributed by atoms with Gasteiger partial charge < -0.3 is 14.0 Å². The first-order chi connectivity index (χ1) is 12.6. The number of nitrogens with zero attached hydrogens (tertiary/aromatic N) is 2. The van der Waals surface area contributed by atoms with E-state index in [2.05, 4.69) is 16.9 Å². The maximum Gasteiger partial charge on any atom is 0.349 e. The van der Waals surface area contributed by atoms with Crippen molar-refractivity contribution in [3.05, 3.63) is 39.0 Å². The Balaban J connectivity index is 2.33. The molecule has 2 aliphatic heterocycles. The lowest BCUT2D eigenvalue weighted by molar-refractivity contribution is 0.356. The highest BCUT2D eigenvalue weighted by molar-refractivity contribution is 5.92. The van der Waals surface area contributed by atoms with Gasteiger partial charge in [-0.05, 0) is 24.6 Å². The van der Waals surface area contributed by atoms with Gasteiger partial charge in [-0.1, -0.05) is 26.2 Å². The van der Waals surface area contributed by atoms with E-state index in [1.807, 2.05) is 10.6 Å². The van der Waals surface area contributed by atoms with Crippen molar-refractivity contribution in [2.45, 2.75) is 39.2 Å². The maximum absolute atomic E-state index is 12.3. The number of methoxy groups -OCH3 is 2. The summed E-state index contributed by atoms with van der Waals surface area (Å²) in [5, 5.41) is 0.830. The van der Waals surface area contributed by atoms with Crippen LogP contribution in [0, 0.1) is 0 Å². The number of aromatic nitrogens is 3. The van der Waals surface area contributed by atoms with Crippen LogP contribution in [0.2, 0.25) is 0 Å². The van der Waals surface area contributed by atoms with Crippen LogP contribution in [0.25, 0.3) is 22.3 Å². The zero-order chi connectivity index (χ0) is 18.7. The Hall–Kier alpha value is -2.83. The molecule has 0 atom stereocenters. The average molecular weight is 357 g/mol. The van der Waals surface area contributed by atoms with Gasteiger partial charge in [0.25, 0.3) is 5.56 Å². The highest BCUT2D eigenvalue weighted by atomic mass is 16.5. The summed E-state index contributed by atoms with van der Waals surface area (Å²) in [6, 6.07) is 5.42. The van der Waals surface area contributed by atoms with Crippen LogP contribution in [0.3, 0.4) is 0 Å². The van der Waals surface area contributed by atoms with Crippen LogP contribution >= 0.6 is 0 Å². The van der Waals surface area contributed by atoms with Gasteiger partial charge in [-0.2, -0.15) is 4.98 Å². The molecule has 0 radical (unpaired) electrons. The highest BCUT2D eigenvalue weighted by Crippen LogP contribution is 2.38. The molecule has 1 N–H and O–H groups in total. The average Bonchev–Trinajstić information content (AvgIpc) is 2.64. The van der Waals surface area contributed by atoms with Gasteiger partial charge in [-0.25, -0.2) is 4.79 Å². The fourth-order valence-electron chi connectivity index (χ4n) is 3.28. The normalized spacial score (nSPS) is 11.2. The van der Waals surface area contributed by atoms with E-state index in [1.54, 1.807) is 26.4 Å². The van der Waals surface area contributed by atoms with Crippen LogP contribution in [-0.4, -0.2) is 28.8 Å². The lowest BCUT2D eigenvalue weighted by Crippen LogP contribution is -2.27. The molecule has 0 aliphatic carbocycles. The SMILES string of the molecule is CCCCCCn1c2nc(=O)[nH]c(=O)c-2cc2ccc(OC)c(OC)c21. The van der Waals surface area contributed by atoms with E-state index in [4.69, 9.17) is 9.47 Å². The van der Waals surface area contributed by atoms with Crippen LogP contribution in [0.4, 0.5) is 0 Å². The van der Waals surface area contributed by atoms with Crippen LogP contribution in [-0.2, 0) is 6.54 Å². The number of pyridine rings is 1. The highest BCUT2D eigenvalue weighted by Gasteiger charge is 2.21. The number of ether oxygens (including phenoxy) is 2. The molecular formula is C19H23N3O4. The van der Waals surface area contributed by atoms with Crippen LogP contribution < -0.4 is 20.7 Å². The molecule has 0 unspecified atom stereocenters. The number of fused-ring (bicyclic) bond motifs is 2. The minimum Gasteiger partial charge on any atom is -0.493 e. The summed E-state index contributed by atoms with van der Waals surface area (Å²) < 4.78 is 12.9. The van der Waals surface area contributed by atoms with Crippen molar-refractivity contribution in [2.75, 3.05) is 14.2 Å². The molecule has 0 bridgehead atoms. The Bertz CT molecular complexity index is 1010. The first-order valence-corrected chi connectivity index (χ1v) is 8.79. The standard InChI is InChI=1S/C19H23N3O4/c1-4-5-6-7-10-22-15-12(8-9-14(25-2)16(15)26-3)11-13-17(22)20-19(24)21-18(13)23/h8-9,11H,4-7,10H2,1-3H3,(H,21,23,24). The number of aryl methyl sites for hydroxylation is 1. The van der Waals surface area contributed by atoms with Gasteiger partial charge in [0.1, 0.15) is 0 Å². The van der Waals surface area contributed by atoms with Gasteiger partial charge in [-0.3, -0.25) is 9.78 Å². The lowest BCUT2D eigenvalue weighted by Gasteiger charge is -2.20.